The summed E-state index contributed by atoms with van der Waals surface area (Å²) in [6.07, 6.45) is 1.10. The summed E-state index contributed by atoms with van der Waals surface area (Å²) in [5.74, 6) is 0.341. The fraction of sp³-hybridized carbons (Fsp3) is 0.900. The molecule has 3 heteroatoms. The van der Waals surface area contributed by atoms with E-state index in [4.69, 9.17) is 4.74 Å². The highest BCUT2D eigenvalue weighted by Crippen LogP contribution is 2.26. The molecule has 0 spiro atoms. The molecule has 0 aromatic carbocycles. The lowest BCUT2D eigenvalue weighted by Crippen LogP contribution is -2.43. The van der Waals surface area contributed by atoms with Gasteiger partial charge in [-0.25, -0.2) is 0 Å². The van der Waals surface area contributed by atoms with Crippen LogP contribution in [0, 0.1) is 5.92 Å². The molecule has 0 saturated carbocycles. The molecule has 0 unspecified atom stereocenters. The number of nitrogens with zero attached hydrogens (tertiary/aromatic N) is 1. The van der Waals surface area contributed by atoms with Crippen LogP contribution in [0.15, 0.2) is 0 Å². The fourth-order valence-corrected chi connectivity index (χ4v) is 2.04. The lowest BCUT2D eigenvalue weighted by atomic mass is 10.0. The van der Waals surface area contributed by atoms with Crippen molar-refractivity contribution in [2.45, 2.75) is 39.3 Å². The second-order valence-electron chi connectivity index (χ2n) is 4.07. The molecule has 3 nitrogen and oxygen atoms in total. The number of carbonyl (C=O) groups is 1. The Labute approximate surface area is 80.1 Å². The Morgan fingerprint density at radius 1 is 1.54 bits per heavy atom. The molecule has 1 aliphatic rings. The zero-order valence-corrected chi connectivity index (χ0v) is 8.91. The van der Waals surface area contributed by atoms with Crippen LogP contribution in [0.4, 0.5) is 0 Å². The first-order valence-corrected chi connectivity index (χ1v) is 4.91. The van der Waals surface area contributed by atoms with Crippen LogP contribution in [-0.2, 0) is 9.53 Å². The van der Waals surface area contributed by atoms with Crippen LogP contribution in [0.2, 0.25) is 0 Å². The first kappa shape index (κ1) is 10.5. The number of hydrogen-bond acceptors (Lipinski definition) is 3. The summed E-state index contributed by atoms with van der Waals surface area (Å²) in [5.41, 5.74) is 0. The van der Waals surface area contributed by atoms with E-state index >= 15 is 0 Å². The van der Waals surface area contributed by atoms with Crippen LogP contribution in [-0.4, -0.2) is 36.6 Å². The summed E-state index contributed by atoms with van der Waals surface area (Å²) >= 11 is 0. The summed E-state index contributed by atoms with van der Waals surface area (Å²) < 4.78 is 4.80. The molecule has 0 aliphatic carbocycles. The third-order valence-corrected chi connectivity index (χ3v) is 2.84. The molecule has 13 heavy (non-hydrogen) atoms. The number of rotatable bonds is 2. The monoisotopic (exact) mass is 185 g/mol. The standard InChI is InChI=1S/C10H19NO2/c1-7(2)11-6-5-8(3)9(11)10(12)13-4/h7-9H,5-6H2,1-4H3/t8-,9-/m0/s1. The number of esters is 1. The van der Waals surface area contributed by atoms with E-state index in [0.717, 1.165) is 13.0 Å². The van der Waals surface area contributed by atoms with Crippen LogP contribution < -0.4 is 0 Å². The minimum absolute atomic E-state index is 0.0231. The summed E-state index contributed by atoms with van der Waals surface area (Å²) in [7, 11) is 1.46. The maximum atomic E-state index is 11.5. The maximum Gasteiger partial charge on any atom is 0.323 e. The molecule has 2 atom stereocenters. The van der Waals surface area contributed by atoms with E-state index in [1.165, 1.54) is 7.11 Å². The van der Waals surface area contributed by atoms with E-state index in [1.807, 2.05) is 0 Å². The zero-order valence-electron chi connectivity index (χ0n) is 8.91. The molecule has 0 radical (unpaired) electrons. The smallest absolute Gasteiger partial charge is 0.323 e. The lowest BCUT2D eigenvalue weighted by molar-refractivity contribution is -0.147. The second-order valence-corrected chi connectivity index (χ2v) is 4.07. The van der Waals surface area contributed by atoms with Gasteiger partial charge in [0.25, 0.3) is 0 Å². The van der Waals surface area contributed by atoms with E-state index < -0.39 is 0 Å². The van der Waals surface area contributed by atoms with E-state index in [9.17, 15) is 4.79 Å². The summed E-state index contributed by atoms with van der Waals surface area (Å²) in [6, 6.07) is 0.402. The Balaban J connectivity index is 2.71. The minimum atomic E-state index is -0.0845. The second kappa shape index (κ2) is 4.09. The molecular formula is C10H19NO2. The Hall–Kier alpha value is -0.570. The van der Waals surface area contributed by atoms with Crippen LogP contribution in [0.1, 0.15) is 27.2 Å². The van der Waals surface area contributed by atoms with Crippen LogP contribution in [0.5, 0.6) is 0 Å². The van der Waals surface area contributed by atoms with Gasteiger partial charge in [-0.2, -0.15) is 0 Å². The highest BCUT2D eigenvalue weighted by atomic mass is 16.5. The van der Waals surface area contributed by atoms with Crippen LogP contribution in [0.25, 0.3) is 0 Å². The average molecular weight is 185 g/mol. The van der Waals surface area contributed by atoms with E-state index in [-0.39, 0.29) is 12.0 Å². The third kappa shape index (κ3) is 2.02. The van der Waals surface area contributed by atoms with Crippen LogP contribution >= 0.6 is 0 Å². The maximum absolute atomic E-state index is 11.5. The molecule has 0 amide bonds. The third-order valence-electron chi connectivity index (χ3n) is 2.84. The Morgan fingerprint density at radius 3 is 2.62 bits per heavy atom. The van der Waals surface area contributed by atoms with E-state index in [2.05, 4.69) is 25.7 Å². The number of ether oxygens (including phenoxy) is 1. The molecule has 0 aromatic heterocycles. The predicted molar refractivity (Wildman–Crippen MR) is 51.4 cm³/mol. The van der Waals surface area contributed by atoms with Crippen LogP contribution in [0.3, 0.4) is 0 Å². The van der Waals surface area contributed by atoms with Gasteiger partial charge < -0.3 is 4.74 Å². The molecule has 1 fully saturated rings. The van der Waals surface area contributed by atoms with Crippen molar-refractivity contribution in [3.63, 3.8) is 0 Å². The number of carbonyl (C=O) groups excluding carboxylic acids is 1. The Kier molecular flexibility index (Phi) is 3.31. The van der Waals surface area contributed by atoms with Gasteiger partial charge >= 0.3 is 5.97 Å². The number of hydrogen-bond donors (Lipinski definition) is 0. The van der Waals surface area contributed by atoms with Gasteiger partial charge in [-0.05, 0) is 32.7 Å². The SMILES string of the molecule is COC(=O)[C@@H]1[C@@H](C)CCN1C(C)C. The van der Waals surface area contributed by atoms with Gasteiger partial charge in [-0.1, -0.05) is 6.92 Å². The summed E-state index contributed by atoms with van der Waals surface area (Å²) in [4.78, 5) is 13.7. The fourth-order valence-electron chi connectivity index (χ4n) is 2.04. The van der Waals surface area contributed by atoms with Gasteiger partial charge in [-0.3, -0.25) is 9.69 Å². The van der Waals surface area contributed by atoms with Gasteiger partial charge in [0.05, 0.1) is 7.11 Å². The molecule has 1 aliphatic heterocycles. The molecule has 0 bridgehead atoms. The van der Waals surface area contributed by atoms with E-state index in [1.54, 1.807) is 0 Å². The Morgan fingerprint density at radius 2 is 2.15 bits per heavy atom. The lowest BCUT2D eigenvalue weighted by Gasteiger charge is -2.27. The quantitative estimate of drug-likeness (QED) is 0.607. The molecule has 0 N–H and O–H groups in total. The molecule has 1 rings (SSSR count). The normalized spacial score (nSPS) is 29.6. The summed E-state index contributed by atoms with van der Waals surface area (Å²) in [6.45, 7) is 7.37. The van der Waals surface area contributed by atoms with Crippen molar-refractivity contribution in [3.8, 4) is 0 Å². The van der Waals surface area contributed by atoms with Crippen molar-refractivity contribution in [3.05, 3.63) is 0 Å². The summed E-state index contributed by atoms with van der Waals surface area (Å²) in [5, 5.41) is 0. The van der Waals surface area contributed by atoms with Crippen molar-refractivity contribution in [2.24, 2.45) is 5.92 Å². The Bertz CT molecular complexity index is 191. The van der Waals surface area contributed by atoms with Crippen molar-refractivity contribution >= 4 is 5.97 Å². The molecule has 0 aromatic rings. The zero-order chi connectivity index (χ0) is 10.0. The largest absolute Gasteiger partial charge is 0.468 e. The highest BCUT2D eigenvalue weighted by molar-refractivity contribution is 5.76. The van der Waals surface area contributed by atoms with Crippen molar-refractivity contribution in [2.75, 3.05) is 13.7 Å². The van der Waals surface area contributed by atoms with Gasteiger partial charge in [0.2, 0.25) is 0 Å². The first-order valence-electron chi connectivity index (χ1n) is 4.91. The first-order chi connectivity index (χ1) is 6.07. The van der Waals surface area contributed by atoms with Gasteiger partial charge in [0.1, 0.15) is 6.04 Å². The molecule has 76 valence electrons. The molecule has 1 heterocycles. The van der Waals surface area contributed by atoms with Crippen molar-refractivity contribution < 1.29 is 9.53 Å². The molecular weight excluding hydrogens is 166 g/mol. The molecule has 1 saturated heterocycles. The van der Waals surface area contributed by atoms with Crippen molar-refractivity contribution in [1.29, 1.82) is 0 Å². The topological polar surface area (TPSA) is 29.5 Å². The number of likely N-dealkylation sites (tertiary alicyclic amines) is 1. The highest BCUT2D eigenvalue weighted by Gasteiger charge is 2.38. The average Bonchev–Trinajstić information content (AvgIpc) is 2.46. The number of methoxy groups -OCH3 is 1. The van der Waals surface area contributed by atoms with E-state index in [0.29, 0.717) is 12.0 Å². The van der Waals surface area contributed by atoms with Gasteiger partial charge in [-0.15, -0.1) is 0 Å². The van der Waals surface area contributed by atoms with Gasteiger partial charge in [0.15, 0.2) is 0 Å². The predicted octanol–water partition coefficient (Wildman–Crippen LogP) is 1.28. The van der Waals surface area contributed by atoms with Gasteiger partial charge in [0, 0.05) is 6.04 Å². The van der Waals surface area contributed by atoms with Crippen molar-refractivity contribution in [1.82, 2.24) is 4.90 Å². The minimum Gasteiger partial charge on any atom is -0.468 e.